The molecule has 2 atom stereocenters. The van der Waals surface area contributed by atoms with Crippen LogP contribution in [-0.4, -0.2) is 43.2 Å². The molecule has 4 heteroatoms. The van der Waals surface area contributed by atoms with Crippen molar-refractivity contribution in [2.75, 3.05) is 26.4 Å². The highest BCUT2D eigenvalue weighted by atomic mass is 16.5. The fourth-order valence-electron chi connectivity index (χ4n) is 2.11. The minimum Gasteiger partial charge on any atom is -0.394 e. The van der Waals surface area contributed by atoms with Crippen LogP contribution in [0.3, 0.4) is 0 Å². The molecule has 0 aromatic carbocycles. The second-order valence-electron chi connectivity index (χ2n) is 4.82. The van der Waals surface area contributed by atoms with Gasteiger partial charge in [-0.2, -0.15) is 0 Å². The minimum atomic E-state index is -0.515. The molecular formula is C11H21NO3. The molecule has 0 aromatic rings. The van der Waals surface area contributed by atoms with Gasteiger partial charge in [-0.05, 0) is 31.6 Å². The summed E-state index contributed by atoms with van der Waals surface area (Å²) in [6, 6.07) is 0. The Balaban J connectivity index is 1.66. The van der Waals surface area contributed by atoms with Gasteiger partial charge in [0.2, 0.25) is 0 Å². The highest BCUT2D eigenvalue weighted by Crippen LogP contribution is 2.38. The third-order valence-electron chi connectivity index (χ3n) is 3.38. The molecule has 2 unspecified atom stereocenters. The first-order chi connectivity index (χ1) is 7.24. The zero-order valence-electron chi connectivity index (χ0n) is 9.15. The van der Waals surface area contributed by atoms with Crippen molar-refractivity contribution in [2.24, 2.45) is 11.7 Å². The molecule has 2 rings (SSSR count). The lowest BCUT2D eigenvalue weighted by Crippen LogP contribution is -2.50. The Kier molecular flexibility index (Phi) is 3.61. The van der Waals surface area contributed by atoms with Crippen LogP contribution in [-0.2, 0) is 9.47 Å². The van der Waals surface area contributed by atoms with Gasteiger partial charge in [0, 0.05) is 6.61 Å². The lowest BCUT2D eigenvalue weighted by molar-refractivity contribution is -0.0135. The molecule has 1 saturated heterocycles. The quantitative estimate of drug-likeness (QED) is 0.668. The van der Waals surface area contributed by atoms with E-state index >= 15 is 0 Å². The van der Waals surface area contributed by atoms with Crippen molar-refractivity contribution < 1.29 is 14.6 Å². The molecule has 1 aliphatic carbocycles. The van der Waals surface area contributed by atoms with E-state index in [0.29, 0.717) is 19.1 Å². The van der Waals surface area contributed by atoms with Crippen LogP contribution in [0.15, 0.2) is 0 Å². The monoisotopic (exact) mass is 215 g/mol. The van der Waals surface area contributed by atoms with E-state index in [1.807, 2.05) is 0 Å². The van der Waals surface area contributed by atoms with Gasteiger partial charge in [0.1, 0.15) is 0 Å². The van der Waals surface area contributed by atoms with Gasteiger partial charge in [-0.15, -0.1) is 0 Å². The van der Waals surface area contributed by atoms with Crippen LogP contribution in [0, 0.1) is 5.92 Å². The van der Waals surface area contributed by atoms with Crippen molar-refractivity contribution in [3.8, 4) is 0 Å². The number of aliphatic hydroxyl groups excluding tert-OH is 1. The van der Waals surface area contributed by atoms with Crippen LogP contribution in [0.25, 0.3) is 0 Å². The van der Waals surface area contributed by atoms with Gasteiger partial charge in [0.25, 0.3) is 0 Å². The SMILES string of the molecule is NC(CO)(COCC1CCCO1)C1CC1. The normalized spacial score (nSPS) is 30.4. The zero-order valence-corrected chi connectivity index (χ0v) is 9.15. The Bertz CT molecular complexity index is 202. The Morgan fingerprint density at radius 1 is 1.40 bits per heavy atom. The first-order valence-corrected chi connectivity index (χ1v) is 5.84. The molecule has 1 aliphatic heterocycles. The third kappa shape index (κ3) is 2.91. The highest BCUT2D eigenvalue weighted by Gasteiger charge is 2.42. The predicted octanol–water partition coefficient (Wildman–Crippen LogP) is 0.282. The fourth-order valence-corrected chi connectivity index (χ4v) is 2.11. The molecule has 1 heterocycles. The van der Waals surface area contributed by atoms with E-state index in [1.165, 1.54) is 0 Å². The molecule has 1 saturated carbocycles. The molecule has 0 spiro atoms. The van der Waals surface area contributed by atoms with E-state index < -0.39 is 5.54 Å². The molecule has 0 amide bonds. The summed E-state index contributed by atoms with van der Waals surface area (Å²) < 4.78 is 11.0. The standard InChI is InChI=1S/C11H21NO3/c12-11(7-13,9-3-4-9)8-14-6-10-2-1-5-15-10/h9-10,13H,1-8,12H2. The van der Waals surface area contributed by atoms with Gasteiger partial charge in [0.15, 0.2) is 0 Å². The van der Waals surface area contributed by atoms with Gasteiger partial charge < -0.3 is 20.3 Å². The Hall–Kier alpha value is -0.160. The van der Waals surface area contributed by atoms with E-state index in [9.17, 15) is 5.11 Å². The van der Waals surface area contributed by atoms with Crippen LogP contribution in [0.1, 0.15) is 25.7 Å². The lowest BCUT2D eigenvalue weighted by atomic mass is 9.97. The molecule has 0 bridgehead atoms. The summed E-state index contributed by atoms with van der Waals surface area (Å²) in [7, 11) is 0. The molecule has 4 nitrogen and oxygen atoms in total. The number of hydrogen-bond donors (Lipinski definition) is 2. The van der Waals surface area contributed by atoms with Crippen molar-refractivity contribution in [2.45, 2.75) is 37.3 Å². The summed E-state index contributed by atoms with van der Waals surface area (Å²) >= 11 is 0. The molecule has 2 fully saturated rings. The number of nitrogens with two attached hydrogens (primary N) is 1. The summed E-state index contributed by atoms with van der Waals surface area (Å²) in [5.41, 5.74) is 5.56. The summed E-state index contributed by atoms with van der Waals surface area (Å²) in [6.07, 6.45) is 4.71. The fraction of sp³-hybridized carbons (Fsp3) is 1.00. The minimum absolute atomic E-state index is 0.0171. The second-order valence-corrected chi connectivity index (χ2v) is 4.82. The summed E-state index contributed by atoms with van der Waals surface area (Å²) in [4.78, 5) is 0. The van der Waals surface area contributed by atoms with E-state index in [4.69, 9.17) is 15.2 Å². The topological polar surface area (TPSA) is 64.7 Å². The van der Waals surface area contributed by atoms with Gasteiger partial charge in [-0.1, -0.05) is 0 Å². The van der Waals surface area contributed by atoms with E-state index in [1.54, 1.807) is 0 Å². The number of ether oxygens (including phenoxy) is 2. The van der Waals surface area contributed by atoms with E-state index in [-0.39, 0.29) is 12.7 Å². The van der Waals surface area contributed by atoms with Crippen molar-refractivity contribution >= 4 is 0 Å². The maximum absolute atomic E-state index is 9.25. The summed E-state index contributed by atoms with van der Waals surface area (Å²) in [5.74, 6) is 0.451. The molecule has 88 valence electrons. The van der Waals surface area contributed by atoms with Gasteiger partial charge in [-0.25, -0.2) is 0 Å². The molecule has 0 aromatic heterocycles. The van der Waals surface area contributed by atoms with Crippen LogP contribution in [0.5, 0.6) is 0 Å². The van der Waals surface area contributed by atoms with Crippen LogP contribution in [0.2, 0.25) is 0 Å². The Morgan fingerprint density at radius 3 is 2.73 bits per heavy atom. The van der Waals surface area contributed by atoms with Crippen molar-refractivity contribution in [1.29, 1.82) is 0 Å². The average Bonchev–Trinajstić information content (AvgIpc) is 2.98. The van der Waals surface area contributed by atoms with E-state index in [0.717, 1.165) is 32.3 Å². The van der Waals surface area contributed by atoms with Crippen molar-refractivity contribution in [3.63, 3.8) is 0 Å². The third-order valence-corrected chi connectivity index (χ3v) is 3.38. The summed E-state index contributed by atoms with van der Waals surface area (Å²) in [5, 5.41) is 9.25. The molecular weight excluding hydrogens is 194 g/mol. The predicted molar refractivity (Wildman–Crippen MR) is 56.5 cm³/mol. The van der Waals surface area contributed by atoms with Crippen LogP contribution < -0.4 is 5.73 Å². The molecule has 3 N–H and O–H groups in total. The van der Waals surface area contributed by atoms with Crippen molar-refractivity contribution in [3.05, 3.63) is 0 Å². The first kappa shape index (κ1) is 11.3. The molecule has 0 radical (unpaired) electrons. The van der Waals surface area contributed by atoms with Gasteiger partial charge >= 0.3 is 0 Å². The molecule has 2 aliphatic rings. The van der Waals surface area contributed by atoms with Gasteiger partial charge in [0.05, 0.1) is 31.5 Å². The largest absolute Gasteiger partial charge is 0.394 e. The lowest BCUT2D eigenvalue weighted by Gasteiger charge is -2.27. The zero-order chi connectivity index (χ0) is 10.7. The molecule has 15 heavy (non-hydrogen) atoms. The number of rotatable bonds is 6. The summed E-state index contributed by atoms with van der Waals surface area (Å²) in [6.45, 7) is 1.94. The Labute approximate surface area is 90.7 Å². The first-order valence-electron chi connectivity index (χ1n) is 5.84. The number of hydrogen-bond acceptors (Lipinski definition) is 4. The van der Waals surface area contributed by atoms with E-state index in [2.05, 4.69) is 0 Å². The highest BCUT2D eigenvalue weighted by molar-refractivity contribution is 4.98. The maximum atomic E-state index is 9.25. The second kappa shape index (κ2) is 4.78. The smallest absolute Gasteiger partial charge is 0.0809 e. The Morgan fingerprint density at radius 2 is 2.20 bits per heavy atom. The van der Waals surface area contributed by atoms with Crippen molar-refractivity contribution in [1.82, 2.24) is 0 Å². The average molecular weight is 215 g/mol. The number of aliphatic hydroxyl groups is 1. The van der Waals surface area contributed by atoms with Crippen LogP contribution >= 0.6 is 0 Å². The maximum Gasteiger partial charge on any atom is 0.0809 e. The van der Waals surface area contributed by atoms with Crippen LogP contribution in [0.4, 0.5) is 0 Å². The van der Waals surface area contributed by atoms with Gasteiger partial charge in [-0.3, -0.25) is 0 Å².